The number of carbonyl (C=O) groups is 2. The highest BCUT2D eigenvalue weighted by Gasteiger charge is 2.29. The summed E-state index contributed by atoms with van der Waals surface area (Å²) in [5.41, 5.74) is 0. The first-order chi connectivity index (χ1) is 7.77. The standard InChI is InChI=1S/C13H20O3/c14-12(10-6-2-1-3-7-10)16-13(15)11-8-4-5-9-11/h10-11H,1-9H2. The van der Waals surface area contributed by atoms with Crippen LogP contribution in [0.1, 0.15) is 57.8 Å². The highest BCUT2D eigenvalue weighted by Crippen LogP contribution is 2.28. The van der Waals surface area contributed by atoms with Gasteiger partial charge in [-0.3, -0.25) is 9.59 Å². The zero-order chi connectivity index (χ0) is 11.4. The molecule has 0 unspecified atom stereocenters. The normalized spacial score (nSPS) is 23.2. The Hall–Kier alpha value is -0.860. The van der Waals surface area contributed by atoms with E-state index in [1.807, 2.05) is 0 Å². The molecule has 0 radical (unpaired) electrons. The summed E-state index contributed by atoms with van der Waals surface area (Å²) in [7, 11) is 0. The van der Waals surface area contributed by atoms with Gasteiger partial charge in [0, 0.05) is 0 Å². The van der Waals surface area contributed by atoms with Crippen molar-refractivity contribution in [3.63, 3.8) is 0 Å². The molecule has 0 atom stereocenters. The molecule has 0 spiro atoms. The molecule has 3 heteroatoms. The second-order valence-electron chi connectivity index (χ2n) is 5.06. The molecule has 2 fully saturated rings. The lowest BCUT2D eigenvalue weighted by atomic mass is 9.89. The van der Waals surface area contributed by atoms with Gasteiger partial charge in [0.05, 0.1) is 11.8 Å². The van der Waals surface area contributed by atoms with Crippen molar-refractivity contribution in [1.29, 1.82) is 0 Å². The summed E-state index contributed by atoms with van der Waals surface area (Å²) in [5.74, 6) is -0.559. The van der Waals surface area contributed by atoms with Gasteiger partial charge in [-0.25, -0.2) is 0 Å². The third-order valence-corrected chi connectivity index (χ3v) is 3.83. The molecule has 0 bridgehead atoms. The van der Waals surface area contributed by atoms with Crippen LogP contribution in [-0.4, -0.2) is 11.9 Å². The van der Waals surface area contributed by atoms with Gasteiger partial charge < -0.3 is 4.74 Å². The highest BCUT2D eigenvalue weighted by atomic mass is 16.6. The minimum atomic E-state index is -0.270. The van der Waals surface area contributed by atoms with Crippen molar-refractivity contribution in [3.8, 4) is 0 Å². The molecule has 0 aromatic carbocycles. The van der Waals surface area contributed by atoms with E-state index in [0.717, 1.165) is 51.4 Å². The van der Waals surface area contributed by atoms with Crippen LogP contribution < -0.4 is 0 Å². The Labute approximate surface area is 96.5 Å². The second-order valence-corrected chi connectivity index (χ2v) is 5.06. The molecule has 0 amide bonds. The number of carbonyl (C=O) groups excluding carboxylic acids is 2. The summed E-state index contributed by atoms with van der Waals surface area (Å²) in [6.45, 7) is 0. The molecule has 0 saturated heterocycles. The lowest BCUT2D eigenvalue weighted by molar-refractivity contribution is -0.166. The largest absolute Gasteiger partial charge is 0.393 e. The minimum absolute atomic E-state index is 0.00691. The van der Waals surface area contributed by atoms with E-state index in [2.05, 4.69) is 0 Å². The third kappa shape index (κ3) is 2.83. The Balaban J connectivity index is 1.79. The molecule has 0 aliphatic heterocycles. The molecule has 2 aliphatic rings. The first-order valence-corrected chi connectivity index (χ1v) is 6.53. The zero-order valence-electron chi connectivity index (χ0n) is 9.74. The fourth-order valence-corrected chi connectivity index (χ4v) is 2.77. The summed E-state index contributed by atoms with van der Waals surface area (Å²) >= 11 is 0. The van der Waals surface area contributed by atoms with E-state index in [1.54, 1.807) is 0 Å². The molecule has 3 nitrogen and oxygen atoms in total. The number of esters is 2. The lowest BCUT2D eigenvalue weighted by Crippen LogP contribution is -2.26. The van der Waals surface area contributed by atoms with Gasteiger partial charge in [-0.05, 0) is 25.7 Å². The summed E-state index contributed by atoms with van der Waals surface area (Å²) < 4.78 is 5.00. The van der Waals surface area contributed by atoms with Crippen LogP contribution in [0.25, 0.3) is 0 Å². The summed E-state index contributed by atoms with van der Waals surface area (Å²) in [6.07, 6.45) is 9.19. The van der Waals surface area contributed by atoms with Crippen molar-refractivity contribution in [2.75, 3.05) is 0 Å². The quantitative estimate of drug-likeness (QED) is 0.535. The van der Waals surface area contributed by atoms with E-state index in [4.69, 9.17) is 4.74 Å². The summed E-state index contributed by atoms with van der Waals surface area (Å²) in [4.78, 5) is 23.4. The van der Waals surface area contributed by atoms with Crippen molar-refractivity contribution >= 4 is 11.9 Å². The van der Waals surface area contributed by atoms with E-state index in [0.29, 0.717) is 0 Å². The smallest absolute Gasteiger partial charge is 0.316 e. The predicted molar refractivity (Wildman–Crippen MR) is 59.6 cm³/mol. The molecule has 0 aromatic heterocycles. The second kappa shape index (κ2) is 5.46. The van der Waals surface area contributed by atoms with Crippen LogP contribution in [-0.2, 0) is 14.3 Å². The van der Waals surface area contributed by atoms with Crippen molar-refractivity contribution in [1.82, 2.24) is 0 Å². The molecule has 0 N–H and O–H groups in total. The zero-order valence-corrected chi connectivity index (χ0v) is 9.74. The van der Waals surface area contributed by atoms with E-state index in [9.17, 15) is 9.59 Å². The maximum Gasteiger partial charge on any atom is 0.316 e. The number of hydrogen-bond acceptors (Lipinski definition) is 3. The minimum Gasteiger partial charge on any atom is -0.393 e. The van der Waals surface area contributed by atoms with E-state index >= 15 is 0 Å². The fraction of sp³-hybridized carbons (Fsp3) is 0.846. The Kier molecular flexibility index (Phi) is 3.97. The molecule has 0 heterocycles. The third-order valence-electron chi connectivity index (χ3n) is 3.83. The molecular formula is C13H20O3. The van der Waals surface area contributed by atoms with Gasteiger partial charge in [0.25, 0.3) is 0 Å². The van der Waals surface area contributed by atoms with Crippen molar-refractivity contribution in [2.24, 2.45) is 11.8 Å². The van der Waals surface area contributed by atoms with Crippen molar-refractivity contribution < 1.29 is 14.3 Å². The number of hydrogen-bond donors (Lipinski definition) is 0. The van der Waals surface area contributed by atoms with Crippen LogP contribution in [0.2, 0.25) is 0 Å². The maximum atomic E-state index is 11.7. The molecular weight excluding hydrogens is 204 g/mol. The Bertz CT molecular complexity index is 260. The molecule has 90 valence electrons. The van der Waals surface area contributed by atoms with Gasteiger partial charge in [0.1, 0.15) is 0 Å². The SMILES string of the molecule is O=C(OC(=O)C1CCCC1)C1CCCCC1. The Morgan fingerprint density at radius 2 is 1.06 bits per heavy atom. The molecule has 2 saturated carbocycles. The Morgan fingerprint density at radius 3 is 1.50 bits per heavy atom. The fourth-order valence-electron chi connectivity index (χ4n) is 2.77. The topological polar surface area (TPSA) is 43.4 Å². The average Bonchev–Trinajstić information content (AvgIpc) is 2.83. The molecule has 2 aliphatic carbocycles. The van der Waals surface area contributed by atoms with Gasteiger partial charge in [0.15, 0.2) is 0 Å². The summed E-state index contributed by atoms with van der Waals surface area (Å²) in [5, 5.41) is 0. The van der Waals surface area contributed by atoms with E-state index < -0.39 is 0 Å². The monoisotopic (exact) mass is 224 g/mol. The van der Waals surface area contributed by atoms with Gasteiger partial charge in [-0.2, -0.15) is 0 Å². The van der Waals surface area contributed by atoms with Gasteiger partial charge in [-0.15, -0.1) is 0 Å². The van der Waals surface area contributed by atoms with Crippen LogP contribution in [0.3, 0.4) is 0 Å². The van der Waals surface area contributed by atoms with Crippen LogP contribution >= 0.6 is 0 Å². The first kappa shape index (κ1) is 11.6. The highest BCUT2D eigenvalue weighted by molar-refractivity contribution is 5.88. The van der Waals surface area contributed by atoms with Crippen LogP contribution in [0.4, 0.5) is 0 Å². The predicted octanol–water partition coefficient (Wildman–Crippen LogP) is 2.83. The summed E-state index contributed by atoms with van der Waals surface area (Å²) in [6, 6.07) is 0. The lowest BCUT2D eigenvalue weighted by Gasteiger charge is -2.19. The van der Waals surface area contributed by atoms with Gasteiger partial charge in [-0.1, -0.05) is 32.1 Å². The Morgan fingerprint density at radius 1 is 0.688 bits per heavy atom. The first-order valence-electron chi connectivity index (χ1n) is 6.53. The molecule has 16 heavy (non-hydrogen) atoms. The van der Waals surface area contributed by atoms with Gasteiger partial charge in [0.2, 0.25) is 0 Å². The molecule has 0 aromatic rings. The van der Waals surface area contributed by atoms with Crippen LogP contribution in [0.15, 0.2) is 0 Å². The average molecular weight is 224 g/mol. The van der Waals surface area contributed by atoms with Crippen LogP contribution in [0, 0.1) is 11.8 Å². The number of rotatable bonds is 2. The van der Waals surface area contributed by atoms with Crippen LogP contribution in [0.5, 0.6) is 0 Å². The van der Waals surface area contributed by atoms with E-state index in [1.165, 1.54) is 6.42 Å². The van der Waals surface area contributed by atoms with E-state index in [-0.39, 0.29) is 23.8 Å². The number of ether oxygens (including phenoxy) is 1. The van der Waals surface area contributed by atoms with Crippen molar-refractivity contribution in [3.05, 3.63) is 0 Å². The van der Waals surface area contributed by atoms with Gasteiger partial charge >= 0.3 is 11.9 Å². The maximum absolute atomic E-state index is 11.7. The molecule has 2 rings (SSSR count). The van der Waals surface area contributed by atoms with Crippen molar-refractivity contribution in [2.45, 2.75) is 57.8 Å².